The van der Waals surface area contributed by atoms with Crippen LogP contribution in [-0.2, 0) is 0 Å². The molecular formula is C10H24N2O. The highest BCUT2D eigenvalue weighted by Crippen LogP contribution is 2.03. The Morgan fingerprint density at radius 1 is 1.23 bits per heavy atom. The van der Waals surface area contributed by atoms with Gasteiger partial charge in [-0.1, -0.05) is 26.2 Å². The molecule has 0 aromatic carbocycles. The van der Waals surface area contributed by atoms with Crippen molar-refractivity contribution in [1.29, 1.82) is 0 Å². The Hall–Kier alpha value is -0.120. The largest absolute Gasteiger partial charge is 0.379 e. The van der Waals surface area contributed by atoms with Gasteiger partial charge in [-0.05, 0) is 32.4 Å². The van der Waals surface area contributed by atoms with E-state index in [2.05, 4.69) is 12.2 Å². The van der Waals surface area contributed by atoms with Crippen molar-refractivity contribution in [2.75, 3.05) is 13.1 Å². The van der Waals surface area contributed by atoms with E-state index < -0.39 is 0 Å². The van der Waals surface area contributed by atoms with Gasteiger partial charge in [0.2, 0.25) is 0 Å². The number of unbranched alkanes of at least 4 members (excludes halogenated alkanes) is 3. The molecule has 4 N–H and O–H groups in total. The molecule has 0 amide bonds. The van der Waals surface area contributed by atoms with Crippen molar-refractivity contribution in [2.24, 2.45) is 5.73 Å². The second-order valence-electron chi connectivity index (χ2n) is 3.46. The van der Waals surface area contributed by atoms with Gasteiger partial charge in [-0.15, -0.1) is 0 Å². The van der Waals surface area contributed by atoms with E-state index in [-0.39, 0.29) is 6.23 Å². The molecule has 0 spiro atoms. The molecule has 0 rings (SSSR count). The number of hydrogen-bond donors (Lipinski definition) is 3. The van der Waals surface area contributed by atoms with E-state index in [0.29, 0.717) is 6.54 Å². The van der Waals surface area contributed by atoms with Gasteiger partial charge in [0.25, 0.3) is 0 Å². The Bertz CT molecular complexity index is 98.9. The van der Waals surface area contributed by atoms with Gasteiger partial charge in [-0.3, -0.25) is 5.32 Å². The fraction of sp³-hybridized carbons (Fsp3) is 1.00. The molecule has 0 radical (unpaired) electrons. The van der Waals surface area contributed by atoms with Crippen LogP contribution < -0.4 is 11.1 Å². The first-order chi connectivity index (χ1) is 6.31. The summed E-state index contributed by atoms with van der Waals surface area (Å²) >= 11 is 0. The molecule has 0 fully saturated rings. The molecule has 13 heavy (non-hydrogen) atoms. The summed E-state index contributed by atoms with van der Waals surface area (Å²) in [5.41, 5.74) is 5.33. The highest BCUT2D eigenvalue weighted by atomic mass is 16.3. The first kappa shape index (κ1) is 12.9. The number of hydrogen-bond acceptors (Lipinski definition) is 3. The van der Waals surface area contributed by atoms with Crippen molar-refractivity contribution in [3.63, 3.8) is 0 Å². The lowest BCUT2D eigenvalue weighted by molar-refractivity contribution is 0.124. The third-order valence-electron chi connectivity index (χ3n) is 2.09. The monoisotopic (exact) mass is 188 g/mol. The Kier molecular flexibility index (Phi) is 9.87. The van der Waals surface area contributed by atoms with Crippen molar-refractivity contribution in [3.8, 4) is 0 Å². The lowest BCUT2D eigenvalue weighted by Gasteiger charge is -2.11. The number of nitrogens with one attached hydrogen (secondary N) is 1. The zero-order valence-corrected chi connectivity index (χ0v) is 8.76. The van der Waals surface area contributed by atoms with E-state index in [0.717, 1.165) is 25.8 Å². The Morgan fingerprint density at radius 3 is 2.62 bits per heavy atom. The van der Waals surface area contributed by atoms with Crippen molar-refractivity contribution >= 4 is 0 Å². The van der Waals surface area contributed by atoms with E-state index in [1.54, 1.807) is 0 Å². The zero-order chi connectivity index (χ0) is 9.94. The molecule has 0 saturated carbocycles. The van der Waals surface area contributed by atoms with Crippen LogP contribution in [0.15, 0.2) is 0 Å². The lowest BCUT2D eigenvalue weighted by atomic mass is 10.1. The summed E-state index contributed by atoms with van der Waals surface area (Å²) in [5.74, 6) is 0. The van der Waals surface area contributed by atoms with Crippen LogP contribution in [0.4, 0.5) is 0 Å². The standard InChI is InChI=1S/C10H24N2O/c1-2-3-4-5-7-10(13)12-9-6-8-11/h10,12-13H,2-9,11H2,1H3. The summed E-state index contributed by atoms with van der Waals surface area (Å²) in [7, 11) is 0. The van der Waals surface area contributed by atoms with Crippen LogP contribution in [0.2, 0.25) is 0 Å². The highest BCUT2D eigenvalue weighted by Gasteiger charge is 2.00. The van der Waals surface area contributed by atoms with Crippen molar-refractivity contribution in [1.82, 2.24) is 5.32 Å². The smallest absolute Gasteiger partial charge is 0.104 e. The average molecular weight is 188 g/mol. The van der Waals surface area contributed by atoms with Gasteiger partial charge < -0.3 is 10.8 Å². The summed E-state index contributed by atoms with van der Waals surface area (Å²) in [6.45, 7) is 3.71. The van der Waals surface area contributed by atoms with Crippen LogP contribution in [0, 0.1) is 0 Å². The van der Waals surface area contributed by atoms with Gasteiger partial charge in [0.1, 0.15) is 6.23 Å². The highest BCUT2D eigenvalue weighted by molar-refractivity contribution is 4.54. The fourth-order valence-corrected chi connectivity index (χ4v) is 1.24. The van der Waals surface area contributed by atoms with E-state index in [9.17, 15) is 5.11 Å². The van der Waals surface area contributed by atoms with Crippen LogP contribution in [0.5, 0.6) is 0 Å². The first-order valence-corrected chi connectivity index (χ1v) is 5.42. The second-order valence-corrected chi connectivity index (χ2v) is 3.46. The Morgan fingerprint density at radius 2 is 2.00 bits per heavy atom. The SMILES string of the molecule is CCCCCCC(O)NCCCN. The van der Waals surface area contributed by atoms with Gasteiger partial charge in [-0.25, -0.2) is 0 Å². The normalized spacial score (nSPS) is 13.2. The topological polar surface area (TPSA) is 58.3 Å². The molecule has 1 atom stereocenters. The minimum absolute atomic E-state index is 0.330. The van der Waals surface area contributed by atoms with Gasteiger partial charge in [0, 0.05) is 0 Å². The minimum atomic E-state index is -0.330. The fourth-order valence-electron chi connectivity index (χ4n) is 1.24. The maximum absolute atomic E-state index is 9.42. The minimum Gasteiger partial charge on any atom is -0.379 e. The third kappa shape index (κ3) is 9.80. The zero-order valence-electron chi connectivity index (χ0n) is 8.76. The first-order valence-electron chi connectivity index (χ1n) is 5.42. The predicted octanol–water partition coefficient (Wildman–Crippen LogP) is 1.21. The van der Waals surface area contributed by atoms with Crippen LogP contribution >= 0.6 is 0 Å². The van der Waals surface area contributed by atoms with Gasteiger partial charge in [0.05, 0.1) is 0 Å². The molecule has 0 aromatic heterocycles. The molecule has 0 aliphatic heterocycles. The molecule has 0 bridgehead atoms. The second kappa shape index (κ2) is 9.96. The third-order valence-corrected chi connectivity index (χ3v) is 2.09. The van der Waals surface area contributed by atoms with E-state index >= 15 is 0 Å². The van der Waals surface area contributed by atoms with Crippen molar-refractivity contribution in [2.45, 2.75) is 51.7 Å². The maximum Gasteiger partial charge on any atom is 0.104 e. The average Bonchev–Trinajstić information content (AvgIpc) is 2.13. The molecule has 0 aromatic rings. The number of aliphatic hydroxyl groups excluding tert-OH is 1. The van der Waals surface area contributed by atoms with Crippen LogP contribution in [0.3, 0.4) is 0 Å². The molecule has 0 aliphatic carbocycles. The Labute approximate surface area is 81.7 Å². The lowest BCUT2D eigenvalue weighted by Crippen LogP contribution is -2.30. The predicted molar refractivity (Wildman–Crippen MR) is 56.4 cm³/mol. The molecule has 0 heterocycles. The maximum atomic E-state index is 9.42. The van der Waals surface area contributed by atoms with Crippen molar-refractivity contribution in [3.05, 3.63) is 0 Å². The molecule has 80 valence electrons. The van der Waals surface area contributed by atoms with Crippen molar-refractivity contribution < 1.29 is 5.11 Å². The number of rotatable bonds is 9. The summed E-state index contributed by atoms with van der Waals surface area (Å²) < 4.78 is 0. The van der Waals surface area contributed by atoms with Gasteiger partial charge >= 0.3 is 0 Å². The molecule has 3 heteroatoms. The quantitative estimate of drug-likeness (QED) is 0.376. The summed E-state index contributed by atoms with van der Waals surface area (Å²) in [5, 5.41) is 12.5. The summed E-state index contributed by atoms with van der Waals surface area (Å²) in [6.07, 6.45) is 6.34. The molecule has 3 nitrogen and oxygen atoms in total. The molecule has 0 saturated heterocycles. The summed E-state index contributed by atoms with van der Waals surface area (Å²) in [4.78, 5) is 0. The number of aliphatic hydroxyl groups is 1. The van der Waals surface area contributed by atoms with Gasteiger partial charge in [0.15, 0.2) is 0 Å². The van der Waals surface area contributed by atoms with E-state index in [1.165, 1.54) is 19.3 Å². The van der Waals surface area contributed by atoms with Crippen LogP contribution in [0.1, 0.15) is 45.4 Å². The van der Waals surface area contributed by atoms with E-state index in [1.807, 2.05) is 0 Å². The molecular weight excluding hydrogens is 164 g/mol. The van der Waals surface area contributed by atoms with Crippen LogP contribution in [-0.4, -0.2) is 24.4 Å². The molecule has 0 aliphatic rings. The van der Waals surface area contributed by atoms with E-state index in [4.69, 9.17) is 5.73 Å². The summed E-state index contributed by atoms with van der Waals surface area (Å²) in [6, 6.07) is 0. The number of nitrogens with two attached hydrogens (primary N) is 1. The van der Waals surface area contributed by atoms with Crippen LogP contribution in [0.25, 0.3) is 0 Å². The Balaban J connectivity index is 3.05. The molecule has 1 unspecified atom stereocenters. The van der Waals surface area contributed by atoms with Gasteiger partial charge in [-0.2, -0.15) is 0 Å².